The van der Waals surface area contributed by atoms with Crippen LogP contribution in [0.5, 0.6) is 0 Å². The van der Waals surface area contributed by atoms with Gasteiger partial charge in [0, 0.05) is 25.0 Å². The molecule has 0 spiro atoms. The summed E-state index contributed by atoms with van der Waals surface area (Å²) in [6.07, 6.45) is 3.88. The van der Waals surface area contributed by atoms with Crippen LogP contribution in [0.4, 0.5) is 0 Å². The Morgan fingerprint density at radius 3 is 2.67 bits per heavy atom. The number of pyridine rings is 1. The van der Waals surface area contributed by atoms with Crippen LogP contribution in [-0.2, 0) is 6.54 Å². The third kappa shape index (κ3) is 3.26. The van der Waals surface area contributed by atoms with Gasteiger partial charge in [0.1, 0.15) is 5.65 Å². The lowest BCUT2D eigenvalue weighted by Crippen LogP contribution is -2.18. The summed E-state index contributed by atoms with van der Waals surface area (Å²) in [6.45, 7) is 5.00. The highest BCUT2D eigenvalue weighted by Gasteiger charge is 2.07. The smallest absolute Gasteiger partial charge is 0.137 e. The lowest BCUT2D eigenvalue weighted by molar-refractivity contribution is 0.569. The summed E-state index contributed by atoms with van der Waals surface area (Å²) in [5, 5.41) is 4.22. The number of aryl methyl sites for hydroxylation is 1. The van der Waals surface area contributed by atoms with Crippen LogP contribution in [0.1, 0.15) is 29.8 Å². The molecule has 0 aliphatic carbocycles. The van der Waals surface area contributed by atoms with Crippen molar-refractivity contribution in [2.24, 2.45) is 0 Å². The molecule has 1 N–H and O–H groups in total. The lowest BCUT2D eigenvalue weighted by Gasteiger charge is -2.13. The molecule has 0 saturated heterocycles. The molecule has 0 aliphatic heterocycles. The Kier molecular flexibility index (Phi) is 3.95. The van der Waals surface area contributed by atoms with E-state index in [0.29, 0.717) is 11.1 Å². The van der Waals surface area contributed by atoms with Crippen LogP contribution in [0.15, 0.2) is 48.8 Å². The predicted molar refractivity (Wildman–Crippen MR) is 86.6 cm³/mol. The van der Waals surface area contributed by atoms with Gasteiger partial charge in [0.2, 0.25) is 0 Å². The van der Waals surface area contributed by atoms with Gasteiger partial charge in [0.25, 0.3) is 0 Å². The van der Waals surface area contributed by atoms with Crippen molar-refractivity contribution in [1.82, 2.24) is 14.7 Å². The van der Waals surface area contributed by atoms with Gasteiger partial charge >= 0.3 is 0 Å². The summed E-state index contributed by atoms with van der Waals surface area (Å²) < 4.78 is 1.95. The summed E-state index contributed by atoms with van der Waals surface area (Å²) in [4.78, 5) is 4.58. The minimum atomic E-state index is 0.291. The van der Waals surface area contributed by atoms with E-state index in [-0.39, 0.29) is 0 Å². The third-order valence-corrected chi connectivity index (χ3v) is 3.86. The van der Waals surface area contributed by atoms with E-state index in [9.17, 15) is 0 Å². The Bertz CT molecular complexity index is 746. The van der Waals surface area contributed by atoms with Crippen LogP contribution in [0.25, 0.3) is 5.65 Å². The monoisotopic (exact) mass is 299 g/mol. The second kappa shape index (κ2) is 5.88. The molecule has 3 nitrogen and oxygen atoms in total. The maximum Gasteiger partial charge on any atom is 0.137 e. The van der Waals surface area contributed by atoms with E-state index < -0.39 is 0 Å². The summed E-state index contributed by atoms with van der Waals surface area (Å²) in [5.74, 6) is 0. The van der Waals surface area contributed by atoms with Gasteiger partial charge in [-0.3, -0.25) is 0 Å². The van der Waals surface area contributed by atoms with Crippen LogP contribution in [0.2, 0.25) is 5.02 Å². The number of halogens is 1. The average molecular weight is 300 g/mol. The van der Waals surface area contributed by atoms with Gasteiger partial charge in [-0.2, -0.15) is 0 Å². The fourth-order valence-corrected chi connectivity index (χ4v) is 2.50. The Labute approximate surface area is 129 Å². The average Bonchev–Trinajstić information content (AvgIpc) is 2.87. The van der Waals surface area contributed by atoms with Gasteiger partial charge in [-0.05, 0) is 31.5 Å². The highest BCUT2D eigenvalue weighted by Crippen LogP contribution is 2.15. The molecule has 0 unspecified atom stereocenters. The molecular weight excluding hydrogens is 282 g/mol. The van der Waals surface area contributed by atoms with Crippen molar-refractivity contribution in [2.45, 2.75) is 26.4 Å². The number of nitrogens with one attached hydrogen (secondary N) is 1. The molecular formula is C17H18ClN3. The van der Waals surface area contributed by atoms with E-state index in [0.717, 1.165) is 17.9 Å². The maximum absolute atomic E-state index is 5.98. The van der Waals surface area contributed by atoms with Crippen molar-refractivity contribution in [1.29, 1.82) is 0 Å². The predicted octanol–water partition coefficient (Wildman–Crippen LogP) is 4.15. The molecule has 1 atom stereocenters. The van der Waals surface area contributed by atoms with E-state index in [2.05, 4.69) is 48.4 Å². The van der Waals surface area contributed by atoms with Crippen LogP contribution < -0.4 is 5.32 Å². The molecule has 4 heteroatoms. The molecule has 108 valence electrons. The van der Waals surface area contributed by atoms with E-state index in [1.807, 2.05) is 28.9 Å². The van der Waals surface area contributed by atoms with Crippen LogP contribution >= 0.6 is 11.6 Å². The van der Waals surface area contributed by atoms with Gasteiger partial charge in [-0.1, -0.05) is 41.4 Å². The second-order valence-corrected chi connectivity index (χ2v) is 5.79. The number of imidazole rings is 1. The summed E-state index contributed by atoms with van der Waals surface area (Å²) in [6, 6.07) is 12.7. The summed E-state index contributed by atoms with van der Waals surface area (Å²) in [7, 11) is 0. The highest BCUT2D eigenvalue weighted by molar-refractivity contribution is 6.30. The zero-order valence-electron chi connectivity index (χ0n) is 12.2. The third-order valence-electron chi connectivity index (χ3n) is 3.63. The van der Waals surface area contributed by atoms with Crippen molar-refractivity contribution >= 4 is 17.2 Å². The minimum absolute atomic E-state index is 0.291. The van der Waals surface area contributed by atoms with Crippen LogP contribution in [0, 0.1) is 6.92 Å². The SMILES string of the molecule is Cc1ccc([C@@H](C)NCc2cn3cc(Cl)ccc3n2)cc1. The largest absolute Gasteiger partial charge is 0.305 e. The van der Waals surface area contributed by atoms with Gasteiger partial charge < -0.3 is 9.72 Å². The number of hydrogen-bond donors (Lipinski definition) is 1. The van der Waals surface area contributed by atoms with Crippen molar-refractivity contribution in [3.63, 3.8) is 0 Å². The number of nitrogens with zero attached hydrogens (tertiary/aromatic N) is 2. The zero-order valence-corrected chi connectivity index (χ0v) is 12.9. The number of hydrogen-bond acceptors (Lipinski definition) is 2. The van der Waals surface area contributed by atoms with Crippen molar-refractivity contribution in [3.05, 3.63) is 70.6 Å². The first-order chi connectivity index (χ1) is 10.1. The van der Waals surface area contributed by atoms with Crippen molar-refractivity contribution in [2.75, 3.05) is 0 Å². The Balaban J connectivity index is 1.69. The topological polar surface area (TPSA) is 29.3 Å². The molecule has 21 heavy (non-hydrogen) atoms. The maximum atomic E-state index is 5.98. The van der Waals surface area contributed by atoms with Gasteiger partial charge in [0.15, 0.2) is 0 Å². The molecule has 2 aromatic heterocycles. The number of benzene rings is 1. The summed E-state index contributed by atoms with van der Waals surface area (Å²) in [5.41, 5.74) is 4.49. The zero-order chi connectivity index (χ0) is 14.8. The number of rotatable bonds is 4. The number of fused-ring (bicyclic) bond motifs is 1. The van der Waals surface area contributed by atoms with E-state index in [1.165, 1.54) is 11.1 Å². The molecule has 0 amide bonds. The highest BCUT2D eigenvalue weighted by atomic mass is 35.5. The molecule has 3 aromatic rings. The Hall–Kier alpha value is -1.84. The van der Waals surface area contributed by atoms with E-state index in [1.54, 1.807) is 0 Å². The molecule has 1 aromatic carbocycles. The molecule has 2 heterocycles. The molecule has 0 aliphatic rings. The normalized spacial score (nSPS) is 12.7. The first-order valence-electron chi connectivity index (χ1n) is 7.05. The number of aromatic nitrogens is 2. The van der Waals surface area contributed by atoms with Crippen molar-refractivity contribution in [3.8, 4) is 0 Å². The minimum Gasteiger partial charge on any atom is -0.305 e. The van der Waals surface area contributed by atoms with Gasteiger partial charge in [-0.25, -0.2) is 4.98 Å². The quantitative estimate of drug-likeness (QED) is 0.784. The van der Waals surface area contributed by atoms with Crippen LogP contribution in [0.3, 0.4) is 0 Å². The molecule has 0 fully saturated rings. The molecule has 0 radical (unpaired) electrons. The van der Waals surface area contributed by atoms with E-state index in [4.69, 9.17) is 11.6 Å². The first-order valence-corrected chi connectivity index (χ1v) is 7.43. The molecule has 3 rings (SSSR count). The van der Waals surface area contributed by atoms with Crippen molar-refractivity contribution < 1.29 is 0 Å². The summed E-state index contributed by atoms with van der Waals surface area (Å²) >= 11 is 5.98. The Morgan fingerprint density at radius 1 is 1.14 bits per heavy atom. The second-order valence-electron chi connectivity index (χ2n) is 5.36. The van der Waals surface area contributed by atoms with Gasteiger partial charge in [0.05, 0.1) is 10.7 Å². The standard InChI is InChI=1S/C17H18ClN3/c1-12-3-5-14(6-4-12)13(2)19-9-16-11-21-10-15(18)7-8-17(21)20-16/h3-8,10-11,13,19H,9H2,1-2H3/t13-/m1/s1. The van der Waals surface area contributed by atoms with Gasteiger partial charge in [-0.15, -0.1) is 0 Å². The molecule has 0 bridgehead atoms. The molecule has 0 saturated carbocycles. The lowest BCUT2D eigenvalue weighted by atomic mass is 10.1. The fraction of sp³-hybridized carbons (Fsp3) is 0.235. The van der Waals surface area contributed by atoms with E-state index >= 15 is 0 Å². The van der Waals surface area contributed by atoms with Crippen LogP contribution in [-0.4, -0.2) is 9.38 Å². The fourth-order valence-electron chi connectivity index (χ4n) is 2.33. The first kappa shape index (κ1) is 14.1. The Morgan fingerprint density at radius 2 is 1.90 bits per heavy atom.